The minimum atomic E-state index is -0.305. The average molecular weight is 391 g/mol. The molecule has 4 rings (SSSR count). The lowest BCUT2D eigenvalue weighted by atomic mass is 10.2. The molecule has 3 aromatic rings. The third kappa shape index (κ3) is 4.40. The van der Waals surface area contributed by atoms with Crippen LogP contribution in [-0.4, -0.2) is 59.4 Å². The van der Waals surface area contributed by atoms with Crippen molar-refractivity contribution < 1.29 is 9.53 Å². The van der Waals surface area contributed by atoms with Crippen molar-refractivity contribution in [3.8, 4) is 5.75 Å². The van der Waals surface area contributed by atoms with E-state index in [0.717, 1.165) is 43.7 Å². The van der Waals surface area contributed by atoms with Crippen molar-refractivity contribution in [1.82, 2.24) is 20.2 Å². The molecule has 1 aliphatic rings. The lowest BCUT2D eigenvalue weighted by Crippen LogP contribution is -2.47. The first-order chi connectivity index (χ1) is 14.2. The van der Waals surface area contributed by atoms with Crippen molar-refractivity contribution in [2.45, 2.75) is 0 Å². The number of hydrogen-bond donors (Lipinski definition) is 1. The highest BCUT2D eigenvalue weighted by atomic mass is 16.5. The van der Waals surface area contributed by atoms with Crippen molar-refractivity contribution in [2.24, 2.45) is 0 Å². The lowest BCUT2D eigenvalue weighted by Gasteiger charge is -2.35. The number of carbonyl (C=O) groups excluding carboxylic acids is 1. The molecule has 1 N–H and O–H groups in total. The molecule has 0 spiro atoms. The Labute approximate surface area is 168 Å². The van der Waals surface area contributed by atoms with Gasteiger partial charge in [0.1, 0.15) is 5.75 Å². The Bertz CT molecular complexity index is 941. The highest BCUT2D eigenvalue weighted by Crippen LogP contribution is 2.17. The van der Waals surface area contributed by atoms with Gasteiger partial charge in [0.15, 0.2) is 11.5 Å². The fraction of sp³-hybridized carbons (Fsp3) is 0.250. The van der Waals surface area contributed by atoms with Crippen molar-refractivity contribution in [3.05, 3.63) is 60.6 Å². The normalized spacial score (nSPS) is 13.8. The van der Waals surface area contributed by atoms with Crippen LogP contribution in [0.25, 0.3) is 0 Å². The number of nitrogens with one attached hydrogen (secondary N) is 1. The van der Waals surface area contributed by atoms with Crippen LogP contribution in [0.4, 0.5) is 17.5 Å². The lowest BCUT2D eigenvalue weighted by molar-refractivity contribution is 0.102. The maximum absolute atomic E-state index is 12.4. The van der Waals surface area contributed by atoms with Gasteiger partial charge in [0.05, 0.1) is 7.11 Å². The van der Waals surface area contributed by atoms with E-state index >= 15 is 0 Å². The molecule has 1 aromatic carbocycles. The van der Waals surface area contributed by atoms with E-state index in [1.807, 2.05) is 12.1 Å². The number of nitrogens with zero attached hydrogens (tertiary/aromatic N) is 6. The predicted octanol–water partition coefficient (Wildman–Crippen LogP) is 1.85. The van der Waals surface area contributed by atoms with E-state index < -0.39 is 0 Å². The second kappa shape index (κ2) is 8.51. The summed E-state index contributed by atoms with van der Waals surface area (Å²) in [5, 5.41) is 11.1. The number of methoxy groups -OCH3 is 1. The molecule has 29 heavy (non-hydrogen) atoms. The zero-order valence-corrected chi connectivity index (χ0v) is 16.0. The van der Waals surface area contributed by atoms with Crippen molar-refractivity contribution in [3.63, 3.8) is 0 Å². The molecule has 2 aromatic heterocycles. The Kier molecular flexibility index (Phi) is 5.46. The highest BCUT2D eigenvalue weighted by Gasteiger charge is 2.20. The van der Waals surface area contributed by atoms with Gasteiger partial charge in [-0.25, -0.2) is 9.97 Å². The Hall–Kier alpha value is -3.75. The summed E-state index contributed by atoms with van der Waals surface area (Å²) in [6, 6.07) is 12.4. The molecule has 0 atom stereocenters. The second-order valence-corrected chi connectivity index (χ2v) is 6.48. The minimum absolute atomic E-state index is 0.265. The van der Waals surface area contributed by atoms with Crippen LogP contribution in [-0.2, 0) is 0 Å². The number of ether oxygens (including phenoxy) is 1. The topological polar surface area (TPSA) is 96.4 Å². The summed E-state index contributed by atoms with van der Waals surface area (Å²) in [5.41, 5.74) is 0.932. The summed E-state index contributed by atoms with van der Waals surface area (Å²) in [6.45, 7) is 3.16. The Morgan fingerprint density at radius 2 is 1.62 bits per heavy atom. The van der Waals surface area contributed by atoms with Gasteiger partial charge >= 0.3 is 0 Å². The third-order valence-corrected chi connectivity index (χ3v) is 4.67. The van der Waals surface area contributed by atoms with E-state index in [2.05, 4.69) is 35.3 Å². The third-order valence-electron chi connectivity index (χ3n) is 4.67. The molecule has 9 nitrogen and oxygen atoms in total. The molecular weight excluding hydrogens is 370 g/mol. The van der Waals surface area contributed by atoms with E-state index in [1.165, 1.54) is 0 Å². The van der Waals surface area contributed by atoms with Crippen molar-refractivity contribution in [2.75, 3.05) is 48.4 Å². The van der Waals surface area contributed by atoms with Gasteiger partial charge in [0.25, 0.3) is 5.91 Å². The first kappa shape index (κ1) is 18.6. The molecule has 0 saturated carbocycles. The zero-order valence-electron chi connectivity index (χ0n) is 16.0. The summed E-state index contributed by atoms with van der Waals surface area (Å²) in [4.78, 5) is 25.2. The Balaban J connectivity index is 1.34. The SMILES string of the molecule is COc1ccc(NC(=O)c2ccc(N3CCN(c4ncccn4)CC3)nn2)cc1. The molecule has 148 valence electrons. The van der Waals surface area contributed by atoms with Crippen LogP contribution < -0.4 is 19.9 Å². The minimum Gasteiger partial charge on any atom is -0.497 e. The molecule has 1 saturated heterocycles. The second-order valence-electron chi connectivity index (χ2n) is 6.48. The van der Waals surface area contributed by atoms with Gasteiger partial charge in [-0.2, -0.15) is 0 Å². The van der Waals surface area contributed by atoms with Crippen molar-refractivity contribution >= 4 is 23.4 Å². The summed E-state index contributed by atoms with van der Waals surface area (Å²) in [7, 11) is 1.60. The quantitative estimate of drug-likeness (QED) is 0.704. The van der Waals surface area contributed by atoms with Crippen LogP contribution >= 0.6 is 0 Å². The summed E-state index contributed by atoms with van der Waals surface area (Å²) in [6.07, 6.45) is 3.49. The molecule has 0 radical (unpaired) electrons. The number of carbonyl (C=O) groups is 1. The van der Waals surface area contributed by atoms with Crippen molar-refractivity contribution in [1.29, 1.82) is 0 Å². The van der Waals surface area contributed by atoms with Gasteiger partial charge in [-0.1, -0.05) is 0 Å². The van der Waals surface area contributed by atoms with Gasteiger partial charge in [-0.15, -0.1) is 10.2 Å². The number of rotatable bonds is 5. The number of hydrogen-bond acceptors (Lipinski definition) is 8. The standard InChI is InChI=1S/C20H21N7O2/c1-29-16-5-3-15(4-6-16)23-19(28)17-7-8-18(25-24-17)26-11-13-27(14-12-26)20-21-9-2-10-22-20/h2-10H,11-14H2,1H3,(H,23,28). The summed E-state index contributed by atoms with van der Waals surface area (Å²) < 4.78 is 5.11. The smallest absolute Gasteiger partial charge is 0.276 e. The van der Waals surface area contributed by atoms with Gasteiger partial charge in [0, 0.05) is 44.3 Å². The van der Waals surface area contributed by atoms with Crippen LogP contribution in [0.15, 0.2) is 54.9 Å². The number of piperazine rings is 1. The van der Waals surface area contributed by atoms with Crippen LogP contribution in [0, 0.1) is 0 Å². The number of anilines is 3. The first-order valence-electron chi connectivity index (χ1n) is 9.29. The first-order valence-corrected chi connectivity index (χ1v) is 9.29. The number of benzene rings is 1. The predicted molar refractivity (Wildman–Crippen MR) is 109 cm³/mol. The average Bonchev–Trinajstić information content (AvgIpc) is 2.80. The molecule has 1 aliphatic heterocycles. The summed E-state index contributed by atoms with van der Waals surface area (Å²) in [5.74, 6) is 1.91. The number of aromatic nitrogens is 4. The van der Waals surface area contributed by atoms with E-state index in [-0.39, 0.29) is 11.6 Å². The monoisotopic (exact) mass is 391 g/mol. The van der Waals surface area contributed by atoms with E-state index in [4.69, 9.17) is 4.74 Å². The Morgan fingerprint density at radius 3 is 2.24 bits per heavy atom. The molecule has 1 fully saturated rings. The van der Waals surface area contributed by atoms with Crippen LogP contribution in [0.3, 0.4) is 0 Å². The molecule has 3 heterocycles. The zero-order chi connectivity index (χ0) is 20.1. The fourth-order valence-electron chi connectivity index (χ4n) is 3.07. The van der Waals surface area contributed by atoms with Gasteiger partial charge in [-0.3, -0.25) is 4.79 Å². The van der Waals surface area contributed by atoms with E-state index in [9.17, 15) is 4.79 Å². The van der Waals surface area contributed by atoms with E-state index in [1.54, 1.807) is 49.8 Å². The maximum atomic E-state index is 12.4. The molecule has 1 amide bonds. The Morgan fingerprint density at radius 1 is 0.931 bits per heavy atom. The fourth-order valence-corrected chi connectivity index (χ4v) is 3.07. The van der Waals surface area contributed by atoms with Crippen LogP contribution in [0.2, 0.25) is 0 Å². The molecule has 0 bridgehead atoms. The van der Waals surface area contributed by atoms with Gasteiger partial charge in [-0.05, 0) is 42.5 Å². The molecule has 0 unspecified atom stereocenters. The summed E-state index contributed by atoms with van der Waals surface area (Å²) >= 11 is 0. The maximum Gasteiger partial charge on any atom is 0.276 e. The van der Waals surface area contributed by atoms with Crippen LogP contribution in [0.1, 0.15) is 10.5 Å². The van der Waals surface area contributed by atoms with E-state index in [0.29, 0.717) is 5.69 Å². The van der Waals surface area contributed by atoms with Gasteiger partial charge < -0.3 is 19.9 Å². The molecule has 9 heteroatoms. The largest absolute Gasteiger partial charge is 0.497 e. The number of amides is 1. The van der Waals surface area contributed by atoms with Gasteiger partial charge in [0.2, 0.25) is 5.95 Å². The molecular formula is C20H21N7O2. The van der Waals surface area contributed by atoms with Crippen LogP contribution in [0.5, 0.6) is 5.75 Å². The highest BCUT2D eigenvalue weighted by molar-refractivity contribution is 6.02. The molecule has 0 aliphatic carbocycles.